The molecule has 0 aromatic carbocycles. The van der Waals surface area contributed by atoms with Crippen molar-refractivity contribution >= 4 is 0 Å². The lowest BCUT2D eigenvalue weighted by atomic mass is 10.2. The van der Waals surface area contributed by atoms with Gasteiger partial charge in [0, 0.05) is 0 Å². The Balaban J connectivity index is 3.56. The third-order valence-corrected chi connectivity index (χ3v) is 8.58. The topological polar surface area (TPSA) is 43.5 Å². The van der Waals surface area contributed by atoms with Gasteiger partial charge in [-0.3, -0.25) is 0 Å². The maximum Gasteiger partial charge on any atom is -0.000960 e. The first-order chi connectivity index (χ1) is 20.3. The van der Waals surface area contributed by atoms with Gasteiger partial charge >= 0.3 is 0 Å². The van der Waals surface area contributed by atoms with Gasteiger partial charge in [0.2, 0.25) is 0 Å². The summed E-state index contributed by atoms with van der Waals surface area (Å²) in [5.41, 5.74) is 0. The Morgan fingerprint density at radius 3 is 0.619 bits per heavy atom. The normalized spacial score (nSPS) is 12.4. The number of nitrogens with one attached hydrogen (secondary N) is 2. The summed E-state index contributed by atoms with van der Waals surface area (Å²) in [6.45, 7) is 17.0. The third-order valence-electron chi connectivity index (χ3n) is 8.58. The van der Waals surface area contributed by atoms with Crippen LogP contribution in [-0.4, -0.2) is 177 Å². The van der Waals surface area contributed by atoms with Crippen LogP contribution in [0.4, 0.5) is 0 Å². The van der Waals surface area contributed by atoms with Crippen LogP contribution in [0.2, 0.25) is 0 Å². The molecule has 0 amide bonds. The van der Waals surface area contributed by atoms with Gasteiger partial charge in [-0.2, -0.15) is 0 Å². The van der Waals surface area contributed by atoms with E-state index in [-0.39, 0.29) is 0 Å². The van der Waals surface area contributed by atoms with Crippen molar-refractivity contribution in [2.24, 2.45) is 0 Å². The van der Waals surface area contributed by atoms with Crippen LogP contribution in [0.5, 0.6) is 0 Å². The van der Waals surface area contributed by atoms with Gasteiger partial charge in [-0.1, -0.05) is 0 Å². The lowest BCUT2D eigenvalue weighted by molar-refractivity contribution is 0.257. The summed E-state index contributed by atoms with van der Waals surface area (Å²) >= 11 is 0. The van der Waals surface area contributed by atoms with E-state index in [1.807, 2.05) is 14.1 Å². The highest BCUT2D eigenvalue weighted by Gasteiger charge is 2.05. The van der Waals surface area contributed by atoms with Gasteiger partial charge in [-0.15, -0.1) is 0 Å². The fourth-order valence-corrected chi connectivity index (χ4v) is 5.55. The Hall–Kier alpha value is -0.320. The highest BCUT2D eigenvalue weighted by atomic mass is 15.1. The van der Waals surface area contributed by atoms with Gasteiger partial charge in [0.1, 0.15) is 0 Å². The minimum absolute atomic E-state index is 1.14. The maximum absolute atomic E-state index is 3.24. The second-order valence-corrected chi connectivity index (χ2v) is 13.3. The minimum Gasteiger partial charge on any atom is -0.320 e. The predicted octanol–water partition coefficient (Wildman–Crippen LogP) is 3.70. The fraction of sp³-hybridized carbons (Fsp3) is 1.00. The molecular formula is C34H78N8. The molecule has 254 valence electrons. The molecule has 0 aliphatic heterocycles. The molecule has 0 aromatic heterocycles. The molecule has 8 nitrogen and oxygen atoms in total. The predicted molar refractivity (Wildman–Crippen MR) is 188 cm³/mol. The maximum atomic E-state index is 3.24. The zero-order valence-electron chi connectivity index (χ0n) is 30.1. The summed E-state index contributed by atoms with van der Waals surface area (Å²) in [5.74, 6) is 0. The van der Waals surface area contributed by atoms with Gasteiger partial charge in [0.25, 0.3) is 0 Å². The second kappa shape index (κ2) is 30.7. The molecule has 0 saturated heterocycles. The molecule has 42 heavy (non-hydrogen) atoms. The van der Waals surface area contributed by atoms with Gasteiger partial charge in [0.15, 0.2) is 0 Å². The molecule has 0 rings (SSSR count). The molecule has 0 bridgehead atoms. The zero-order valence-corrected chi connectivity index (χ0v) is 30.1. The summed E-state index contributed by atoms with van der Waals surface area (Å²) in [6.07, 6.45) is 15.6. The van der Waals surface area contributed by atoms with Crippen molar-refractivity contribution in [3.05, 3.63) is 0 Å². The molecule has 2 N–H and O–H groups in total. The van der Waals surface area contributed by atoms with Crippen molar-refractivity contribution in [3.8, 4) is 0 Å². The number of unbranched alkanes of at least 4 members (excludes halogenated alkanes) is 5. The fourth-order valence-electron chi connectivity index (χ4n) is 5.55. The van der Waals surface area contributed by atoms with E-state index in [1.54, 1.807) is 0 Å². The van der Waals surface area contributed by atoms with E-state index in [1.165, 1.54) is 156 Å². The first-order valence-electron chi connectivity index (χ1n) is 17.7. The zero-order chi connectivity index (χ0) is 31.3. The molecule has 0 heterocycles. The Morgan fingerprint density at radius 2 is 0.429 bits per heavy atom. The average Bonchev–Trinajstić information content (AvgIpc) is 2.96. The van der Waals surface area contributed by atoms with Gasteiger partial charge in [-0.25, -0.2) is 0 Å². The molecule has 0 radical (unpaired) electrons. The van der Waals surface area contributed by atoms with Crippen LogP contribution < -0.4 is 10.6 Å². The largest absolute Gasteiger partial charge is 0.320 e. The average molecular weight is 599 g/mol. The van der Waals surface area contributed by atoms with Crippen molar-refractivity contribution in [2.45, 2.75) is 77.0 Å². The Morgan fingerprint density at radius 1 is 0.262 bits per heavy atom. The first kappa shape index (κ1) is 41.7. The summed E-state index contributed by atoms with van der Waals surface area (Å²) in [6, 6.07) is 0. The molecule has 0 fully saturated rings. The van der Waals surface area contributed by atoms with Gasteiger partial charge in [0.05, 0.1) is 0 Å². The number of hydrogen-bond acceptors (Lipinski definition) is 8. The number of rotatable bonds is 33. The van der Waals surface area contributed by atoms with Gasteiger partial charge < -0.3 is 40.0 Å². The smallest absolute Gasteiger partial charge is 0.000960 e. The lowest BCUT2D eigenvalue weighted by Crippen LogP contribution is -2.28. The van der Waals surface area contributed by atoms with Crippen molar-refractivity contribution < 1.29 is 0 Å². The van der Waals surface area contributed by atoms with E-state index in [4.69, 9.17) is 0 Å². The van der Waals surface area contributed by atoms with Crippen molar-refractivity contribution in [1.29, 1.82) is 0 Å². The standard InChI is InChI=1S/C34H78N8/c1-35-21-9-11-23-39(5)31-19-33-41(7)29-17-15-27-37(3)25-13-14-26-38(4)28-16-18-30-42(8)34-20-32-40(6)24-12-10-22-36-2/h35-36H,9-34H2,1-8H3. The van der Waals surface area contributed by atoms with E-state index in [9.17, 15) is 0 Å². The Kier molecular flexibility index (Phi) is 30.5. The SMILES string of the molecule is CNCCCCN(C)CCCN(C)CCCCN(C)CCCCN(C)CCCCN(C)CCCN(C)CCCCNC. The minimum atomic E-state index is 1.14. The first-order valence-corrected chi connectivity index (χ1v) is 17.7. The lowest BCUT2D eigenvalue weighted by Gasteiger charge is -2.22. The highest BCUT2D eigenvalue weighted by Crippen LogP contribution is 2.03. The second-order valence-electron chi connectivity index (χ2n) is 13.3. The number of nitrogens with zero attached hydrogens (tertiary/aromatic N) is 6. The molecule has 0 spiro atoms. The summed E-state index contributed by atoms with van der Waals surface area (Å²) in [4.78, 5) is 15.1. The van der Waals surface area contributed by atoms with Crippen LogP contribution in [0.15, 0.2) is 0 Å². The molecule has 0 saturated carbocycles. The van der Waals surface area contributed by atoms with E-state index >= 15 is 0 Å². The van der Waals surface area contributed by atoms with Crippen LogP contribution >= 0.6 is 0 Å². The van der Waals surface area contributed by atoms with Crippen LogP contribution in [0.25, 0.3) is 0 Å². The number of hydrogen-bond donors (Lipinski definition) is 2. The van der Waals surface area contributed by atoms with Crippen molar-refractivity contribution in [2.75, 3.05) is 148 Å². The van der Waals surface area contributed by atoms with E-state index < -0.39 is 0 Å². The quantitative estimate of drug-likeness (QED) is 0.111. The molecule has 0 aromatic rings. The Labute approximate surface area is 264 Å². The highest BCUT2D eigenvalue weighted by molar-refractivity contribution is 4.62. The molecule has 0 aliphatic carbocycles. The Bertz CT molecular complexity index is 492. The molecule has 0 aliphatic rings. The molecule has 0 atom stereocenters. The van der Waals surface area contributed by atoms with E-state index in [0.29, 0.717) is 0 Å². The van der Waals surface area contributed by atoms with E-state index in [0.717, 1.165) is 13.1 Å². The van der Waals surface area contributed by atoms with Crippen molar-refractivity contribution in [3.63, 3.8) is 0 Å². The monoisotopic (exact) mass is 599 g/mol. The summed E-state index contributed by atoms with van der Waals surface area (Å²) in [5, 5.41) is 6.47. The summed E-state index contributed by atoms with van der Waals surface area (Å²) in [7, 11) is 17.8. The molecule has 8 heteroatoms. The van der Waals surface area contributed by atoms with E-state index in [2.05, 4.69) is 82.3 Å². The van der Waals surface area contributed by atoms with Crippen LogP contribution in [0, 0.1) is 0 Å². The van der Waals surface area contributed by atoms with Gasteiger partial charge in [-0.05, 0) is 225 Å². The molecule has 0 unspecified atom stereocenters. The summed E-state index contributed by atoms with van der Waals surface area (Å²) < 4.78 is 0. The van der Waals surface area contributed by atoms with Crippen LogP contribution in [0.1, 0.15) is 77.0 Å². The molecular weight excluding hydrogens is 520 g/mol. The van der Waals surface area contributed by atoms with Crippen molar-refractivity contribution in [1.82, 2.24) is 40.0 Å². The third kappa shape index (κ3) is 29.7. The van der Waals surface area contributed by atoms with Crippen LogP contribution in [-0.2, 0) is 0 Å². The van der Waals surface area contributed by atoms with Crippen LogP contribution in [0.3, 0.4) is 0 Å².